The molecule has 0 radical (unpaired) electrons. The van der Waals surface area contributed by atoms with E-state index in [4.69, 9.17) is 4.42 Å². The number of rotatable bonds is 4. The Balaban J connectivity index is 1.62. The van der Waals surface area contributed by atoms with Crippen LogP contribution < -0.4 is 5.32 Å². The Hall–Kier alpha value is -0.830. The van der Waals surface area contributed by atoms with Crippen molar-refractivity contribution in [3.8, 4) is 0 Å². The summed E-state index contributed by atoms with van der Waals surface area (Å²) in [4.78, 5) is 3.88. The van der Waals surface area contributed by atoms with E-state index >= 15 is 0 Å². The first-order valence-corrected chi connectivity index (χ1v) is 5.53. The van der Waals surface area contributed by atoms with Gasteiger partial charge in [0.05, 0.1) is 12.7 Å². The maximum absolute atomic E-state index is 5.15. The van der Waals surface area contributed by atoms with Crippen molar-refractivity contribution >= 4 is 0 Å². The summed E-state index contributed by atoms with van der Waals surface area (Å²) in [5.41, 5.74) is 0. The minimum atomic E-state index is 0.816. The summed E-state index contributed by atoms with van der Waals surface area (Å²) in [7, 11) is 0. The van der Waals surface area contributed by atoms with Gasteiger partial charge >= 0.3 is 0 Å². The molecule has 1 aliphatic rings. The molecule has 0 atom stereocenters. The molecule has 3 heteroatoms. The van der Waals surface area contributed by atoms with Crippen LogP contribution in [0.4, 0.5) is 0 Å². The normalized spacial score (nSPS) is 18.6. The van der Waals surface area contributed by atoms with Crippen LogP contribution in [-0.4, -0.2) is 11.5 Å². The summed E-state index contributed by atoms with van der Waals surface area (Å²) in [6.45, 7) is 1.94. The van der Waals surface area contributed by atoms with Gasteiger partial charge in [-0.25, -0.2) is 4.98 Å². The lowest BCUT2D eigenvalue weighted by atomic mass is 9.89. The van der Waals surface area contributed by atoms with Gasteiger partial charge in [-0.05, 0) is 25.3 Å². The second-order valence-corrected chi connectivity index (χ2v) is 4.10. The van der Waals surface area contributed by atoms with Gasteiger partial charge in [0, 0.05) is 0 Å². The van der Waals surface area contributed by atoms with Crippen LogP contribution in [0.25, 0.3) is 0 Å². The highest BCUT2D eigenvalue weighted by atomic mass is 16.3. The average Bonchev–Trinajstić information content (AvgIpc) is 2.72. The van der Waals surface area contributed by atoms with Crippen molar-refractivity contribution in [2.24, 2.45) is 5.92 Å². The molecule has 1 fully saturated rings. The number of hydrogen-bond donors (Lipinski definition) is 1. The summed E-state index contributed by atoms with van der Waals surface area (Å²) in [5, 5.41) is 3.42. The fourth-order valence-electron chi connectivity index (χ4n) is 2.12. The van der Waals surface area contributed by atoms with Gasteiger partial charge < -0.3 is 9.73 Å². The van der Waals surface area contributed by atoms with E-state index in [9.17, 15) is 0 Å². The number of oxazole rings is 1. The molecule has 0 spiro atoms. The molecule has 1 heterocycles. The number of nitrogens with one attached hydrogen (secondary N) is 1. The SMILES string of the molecule is c1ncc(CNCC2CCCCC2)o1. The maximum atomic E-state index is 5.15. The fourth-order valence-corrected chi connectivity index (χ4v) is 2.12. The lowest BCUT2D eigenvalue weighted by molar-refractivity contribution is 0.336. The van der Waals surface area contributed by atoms with Crippen molar-refractivity contribution in [1.82, 2.24) is 10.3 Å². The zero-order chi connectivity index (χ0) is 9.64. The summed E-state index contributed by atoms with van der Waals surface area (Å²) < 4.78 is 5.15. The zero-order valence-corrected chi connectivity index (χ0v) is 8.54. The van der Waals surface area contributed by atoms with Crippen LogP contribution in [0, 0.1) is 5.92 Å². The molecule has 0 amide bonds. The maximum Gasteiger partial charge on any atom is 0.180 e. The lowest BCUT2D eigenvalue weighted by Crippen LogP contribution is -2.23. The van der Waals surface area contributed by atoms with Crippen LogP contribution in [-0.2, 0) is 6.54 Å². The first-order valence-electron chi connectivity index (χ1n) is 5.53. The van der Waals surface area contributed by atoms with E-state index in [0.29, 0.717) is 0 Å². The van der Waals surface area contributed by atoms with E-state index in [2.05, 4.69) is 10.3 Å². The largest absolute Gasteiger partial charge is 0.447 e. The molecule has 78 valence electrons. The minimum Gasteiger partial charge on any atom is -0.447 e. The summed E-state index contributed by atoms with van der Waals surface area (Å²) >= 11 is 0. The molecule has 0 unspecified atom stereocenters. The van der Waals surface area contributed by atoms with Gasteiger partial charge in [0.1, 0.15) is 5.76 Å². The van der Waals surface area contributed by atoms with Crippen molar-refractivity contribution < 1.29 is 4.42 Å². The highest BCUT2D eigenvalue weighted by Gasteiger charge is 2.12. The monoisotopic (exact) mass is 194 g/mol. The van der Waals surface area contributed by atoms with Crippen LogP contribution in [0.1, 0.15) is 37.9 Å². The van der Waals surface area contributed by atoms with Gasteiger partial charge in [-0.3, -0.25) is 0 Å². The van der Waals surface area contributed by atoms with E-state index in [1.807, 2.05) is 0 Å². The molecule has 0 aromatic carbocycles. The first-order chi connectivity index (χ1) is 6.95. The lowest BCUT2D eigenvalue weighted by Gasteiger charge is -2.21. The summed E-state index contributed by atoms with van der Waals surface area (Å²) in [6, 6.07) is 0. The molecule has 0 bridgehead atoms. The Bertz CT molecular complexity index is 240. The number of aromatic nitrogens is 1. The quantitative estimate of drug-likeness (QED) is 0.799. The predicted molar refractivity (Wildman–Crippen MR) is 54.8 cm³/mol. The van der Waals surface area contributed by atoms with Crippen LogP contribution in [0.2, 0.25) is 0 Å². The van der Waals surface area contributed by atoms with Gasteiger partial charge in [-0.2, -0.15) is 0 Å². The van der Waals surface area contributed by atoms with Gasteiger partial charge in [0.2, 0.25) is 0 Å². The number of hydrogen-bond acceptors (Lipinski definition) is 3. The Labute approximate surface area is 84.9 Å². The first kappa shape index (κ1) is 9.71. The Morgan fingerprint density at radius 3 is 2.93 bits per heavy atom. The molecule has 1 aromatic rings. The molecule has 14 heavy (non-hydrogen) atoms. The predicted octanol–water partition coefficient (Wildman–Crippen LogP) is 2.34. The fraction of sp³-hybridized carbons (Fsp3) is 0.727. The standard InChI is InChI=1S/C11H18N2O/c1-2-4-10(5-3-1)6-12-7-11-8-13-9-14-11/h8-10,12H,1-7H2. The van der Waals surface area contributed by atoms with Crippen LogP contribution in [0.3, 0.4) is 0 Å². The van der Waals surface area contributed by atoms with E-state index in [0.717, 1.165) is 24.8 Å². The molecular weight excluding hydrogens is 176 g/mol. The van der Waals surface area contributed by atoms with Crippen molar-refractivity contribution in [1.29, 1.82) is 0 Å². The Morgan fingerprint density at radius 2 is 2.21 bits per heavy atom. The smallest absolute Gasteiger partial charge is 0.180 e. The third-order valence-electron chi connectivity index (χ3n) is 2.94. The minimum absolute atomic E-state index is 0.816. The van der Waals surface area contributed by atoms with Gasteiger partial charge in [-0.15, -0.1) is 0 Å². The topological polar surface area (TPSA) is 38.1 Å². The third kappa shape index (κ3) is 2.84. The van der Waals surface area contributed by atoms with Crippen LogP contribution >= 0.6 is 0 Å². The van der Waals surface area contributed by atoms with Crippen molar-refractivity contribution in [2.45, 2.75) is 38.6 Å². The summed E-state index contributed by atoms with van der Waals surface area (Å²) in [6.07, 6.45) is 10.3. The van der Waals surface area contributed by atoms with Crippen molar-refractivity contribution in [2.75, 3.05) is 6.54 Å². The molecule has 1 aromatic heterocycles. The van der Waals surface area contributed by atoms with Crippen molar-refractivity contribution in [3.63, 3.8) is 0 Å². The van der Waals surface area contributed by atoms with Gasteiger partial charge in [-0.1, -0.05) is 19.3 Å². The van der Waals surface area contributed by atoms with Gasteiger partial charge in [0.15, 0.2) is 6.39 Å². The molecule has 0 aliphatic heterocycles. The average molecular weight is 194 g/mol. The van der Waals surface area contributed by atoms with E-state index in [1.165, 1.54) is 38.5 Å². The molecule has 1 aliphatic carbocycles. The number of nitrogens with zero attached hydrogens (tertiary/aromatic N) is 1. The molecular formula is C11H18N2O. The highest BCUT2D eigenvalue weighted by Crippen LogP contribution is 2.22. The molecule has 1 saturated carbocycles. The van der Waals surface area contributed by atoms with E-state index < -0.39 is 0 Å². The zero-order valence-electron chi connectivity index (χ0n) is 8.54. The van der Waals surface area contributed by atoms with E-state index in [-0.39, 0.29) is 0 Å². The molecule has 3 nitrogen and oxygen atoms in total. The third-order valence-corrected chi connectivity index (χ3v) is 2.94. The molecule has 2 rings (SSSR count). The Kier molecular flexibility index (Phi) is 3.57. The van der Waals surface area contributed by atoms with Crippen LogP contribution in [0.5, 0.6) is 0 Å². The van der Waals surface area contributed by atoms with Crippen LogP contribution in [0.15, 0.2) is 17.0 Å². The second-order valence-electron chi connectivity index (χ2n) is 4.10. The van der Waals surface area contributed by atoms with E-state index in [1.54, 1.807) is 6.20 Å². The molecule has 0 saturated heterocycles. The highest BCUT2D eigenvalue weighted by molar-refractivity contribution is 4.87. The van der Waals surface area contributed by atoms with Crippen molar-refractivity contribution in [3.05, 3.63) is 18.4 Å². The molecule has 1 N–H and O–H groups in total. The summed E-state index contributed by atoms with van der Waals surface area (Å²) in [5.74, 6) is 1.81. The second kappa shape index (κ2) is 5.15. The van der Waals surface area contributed by atoms with Gasteiger partial charge in [0.25, 0.3) is 0 Å². The Morgan fingerprint density at radius 1 is 1.36 bits per heavy atom.